The molecule has 27 heavy (non-hydrogen) atoms. The van der Waals surface area contributed by atoms with E-state index in [1.807, 2.05) is 31.2 Å². The molecule has 1 saturated heterocycles. The molecule has 1 heterocycles. The average Bonchev–Trinajstić information content (AvgIpc) is 2.86. The average molecular weight is 372 g/mol. The molecule has 0 aromatic heterocycles. The number of nitrogens with one attached hydrogen (secondary N) is 2. The highest BCUT2D eigenvalue weighted by Gasteiger charge is 2.49. The Hall–Kier alpha value is -2.41. The van der Waals surface area contributed by atoms with Gasteiger partial charge >= 0.3 is 6.03 Å². The van der Waals surface area contributed by atoms with Crippen molar-refractivity contribution in [2.75, 3.05) is 13.1 Å². The van der Waals surface area contributed by atoms with Crippen molar-refractivity contribution in [3.05, 3.63) is 35.4 Å². The molecular weight excluding hydrogens is 344 g/mol. The highest BCUT2D eigenvalue weighted by atomic mass is 16.2. The molecule has 0 bridgehead atoms. The first-order valence-corrected chi connectivity index (χ1v) is 9.56. The number of amides is 4. The van der Waals surface area contributed by atoms with Crippen molar-refractivity contribution >= 4 is 17.8 Å². The van der Waals surface area contributed by atoms with Gasteiger partial charge in [-0.3, -0.25) is 14.5 Å². The van der Waals surface area contributed by atoms with Crippen molar-refractivity contribution in [1.29, 1.82) is 0 Å². The minimum atomic E-state index is -1.16. The van der Waals surface area contributed by atoms with E-state index in [0.717, 1.165) is 36.1 Å². The number of hydrogen-bond donors (Lipinski definition) is 3. The highest BCUT2D eigenvalue weighted by molar-refractivity contribution is 6.09. The lowest BCUT2D eigenvalue weighted by atomic mass is 9.84. The van der Waals surface area contributed by atoms with E-state index in [4.69, 9.17) is 5.73 Å². The summed E-state index contributed by atoms with van der Waals surface area (Å²) in [7, 11) is 0. The number of carbonyl (C=O) groups excluding carboxylic acids is 3. The first kappa shape index (κ1) is 19.4. The Morgan fingerprint density at radius 2 is 1.93 bits per heavy atom. The third kappa shape index (κ3) is 3.83. The molecule has 1 aliphatic carbocycles. The lowest BCUT2D eigenvalue weighted by Crippen LogP contribution is -2.49. The molecule has 2 aliphatic rings. The van der Waals surface area contributed by atoms with Gasteiger partial charge in [0.2, 0.25) is 5.91 Å². The highest BCUT2D eigenvalue weighted by Crippen LogP contribution is 2.29. The van der Waals surface area contributed by atoms with Gasteiger partial charge in [-0.15, -0.1) is 0 Å². The monoisotopic (exact) mass is 372 g/mol. The minimum Gasteiger partial charge on any atom is -0.351 e. The molecule has 1 aliphatic heterocycles. The van der Waals surface area contributed by atoms with Crippen molar-refractivity contribution in [2.45, 2.75) is 51.1 Å². The quantitative estimate of drug-likeness (QED) is 0.680. The van der Waals surface area contributed by atoms with Gasteiger partial charge in [-0.1, -0.05) is 42.7 Å². The molecule has 1 saturated carbocycles. The Kier molecular flexibility index (Phi) is 5.51. The second kappa shape index (κ2) is 7.68. The van der Waals surface area contributed by atoms with Gasteiger partial charge < -0.3 is 16.4 Å². The van der Waals surface area contributed by atoms with Gasteiger partial charge in [0.15, 0.2) is 0 Å². The fourth-order valence-corrected chi connectivity index (χ4v) is 4.00. The van der Waals surface area contributed by atoms with Crippen molar-refractivity contribution < 1.29 is 14.4 Å². The number of rotatable bonds is 5. The van der Waals surface area contributed by atoms with Crippen LogP contribution >= 0.6 is 0 Å². The van der Waals surface area contributed by atoms with Crippen molar-refractivity contribution in [1.82, 2.24) is 15.5 Å². The lowest BCUT2D eigenvalue weighted by molar-refractivity contribution is -0.135. The van der Waals surface area contributed by atoms with E-state index in [1.165, 1.54) is 0 Å². The molecule has 0 radical (unpaired) electrons. The number of carbonyl (C=O) groups is 3. The molecule has 3 rings (SSSR count). The van der Waals surface area contributed by atoms with Gasteiger partial charge in [-0.05, 0) is 44.7 Å². The van der Waals surface area contributed by atoms with Gasteiger partial charge in [0, 0.05) is 6.04 Å². The molecule has 146 valence electrons. The van der Waals surface area contributed by atoms with Crippen LogP contribution in [0.1, 0.15) is 43.7 Å². The maximum absolute atomic E-state index is 12.9. The van der Waals surface area contributed by atoms with Gasteiger partial charge in [0.05, 0.1) is 0 Å². The third-order valence-corrected chi connectivity index (χ3v) is 5.76. The predicted octanol–water partition coefficient (Wildman–Crippen LogP) is 1.40. The molecule has 3 unspecified atom stereocenters. The van der Waals surface area contributed by atoms with E-state index in [0.29, 0.717) is 12.1 Å². The smallest absolute Gasteiger partial charge is 0.325 e. The molecule has 2 fully saturated rings. The summed E-state index contributed by atoms with van der Waals surface area (Å²) in [4.78, 5) is 38.8. The van der Waals surface area contributed by atoms with Crippen LogP contribution in [0.2, 0.25) is 0 Å². The molecule has 1 aromatic rings. The van der Waals surface area contributed by atoms with Gasteiger partial charge in [0.25, 0.3) is 5.91 Å². The first-order chi connectivity index (χ1) is 12.8. The van der Waals surface area contributed by atoms with E-state index in [1.54, 1.807) is 6.92 Å². The molecule has 4 amide bonds. The molecule has 3 atom stereocenters. The third-order valence-electron chi connectivity index (χ3n) is 5.76. The van der Waals surface area contributed by atoms with Crippen LogP contribution in [0.15, 0.2) is 24.3 Å². The Balaban J connectivity index is 1.68. The van der Waals surface area contributed by atoms with Gasteiger partial charge in [0.1, 0.15) is 12.1 Å². The summed E-state index contributed by atoms with van der Waals surface area (Å²) in [6.07, 6.45) is 4.05. The molecule has 7 heteroatoms. The van der Waals surface area contributed by atoms with Crippen LogP contribution in [-0.4, -0.2) is 41.9 Å². The second-order valence-corrected chi connectivity index (χ2v) is 7.77. The number of hydrogen-bond acceptors (Lipinski definition) is 4. The molecule has 4 N–H and O–H groups in total. The molecular formula is C20H28N4O3. The topological polar surface area (TPSA) is 105 Å². The van der Waals surface area contributed by atoms with Crippen molar-refractivity contribution in [3.8, 4) is 0 Å². The van der Waals surface area contributed by atoms with E-state index in [9.17, 15) is 14.4 Å². The van der Waals surface area contributed by atoms with Crippen molar-refractivity contribution in [2.24, 2.45) is 11.7 Å². The van der Waals surface area contributed by atoms with Crippen LogP contribution in [0, 0.1) is 12.8 Å². The van der Waals surface area contributed by atoms with E-state index < -0.39 is 17.5 Å². The summed E-state index contributed by atoms with van der Waals surface area (Å²) in [6, 6.07) is 6.91. The zero-order valence-electron chi connectivity index (χ0n) is 16.0. The summed E-state index contributed by atoms with van der Waals surface area (Å²) in [5, 5.41) is 5.70. The van der Waals surface area contributed by atoms with E-state index in [-0.39, 0.29) is 24.4 Å². The van der Waals surface area contributed by atoms with Crippen LogP contribution in [0.4, 0.5) is 4.79 Å². The number of imide groups is 1. The Morgan fingerprint density at radius 1 is 1.26 bits per heavy atom. The van der Waals surface area contributed by atoms with Crippen molar-refractivity contribution in [3.63, 3.8) is 0 Å². The Labute approximate surface area is 159 Å². The predicted molar refractivity (Wildman–Crippen MR) is 102 cm³/mol. The fourth-order valence-electron chi connectivity index (χ4n) is 4.00. The summed E-state index contributed by atoms with van der Waals surface area (Å²) in [5.74, 6) is -0.480. The zero-order valence-corrected chi connectivity index (χ0v) is 16.0. The SMILES string of the molecule is Cc1ccc(C2(C)NC(=O)N(CC(=O)NC3CCCCC3CN)C2=O)cc1. The molecule has 1 aromatic carbocycles. The summed E-state index contributed by atoms with van der Waals surface area (Å²) < 4.78 is 0. The number of aryl methyl sites for hydroxylation is 1. The van der Waals surface area contributed by atoms with E-state index in [2.05, 4.69) is 10.6 Å². The van der Waals surface area contributed by atoms with Crippen LogP contribution in [0.3, 0.4) is 0 Å². The summed E-state index contributed by atoms with van der Waals surface area (Å²) in [5.41, 5.74) is 6.42. The maximum Gasteiger partial charge on any atom is 0.325 e. The number of benzene rings is 1. The minimum absolute atomic E-state index is 0.0144. The van der Waals surface area contributed by atoms with E-state index >= 15 is 0 Å². The van der Waals surface area contributed by atoms with Crippen LogP contribution in [-0.2, 0) is 15.1 Å². The van der Waals surface area contributed by atoms with Gasteiger partial charge in [-0.2, -0.15) is 0 Å². The zero-order chi connectivity index (χ0) is 19.6. The standard InChI is InChI=1S/C20H28N4O3/c1-13-7-9-15(10-8-13)20(2)18(26)24(19(27)23-20)12-17(25)22-16-6-4-3-5-14(16)11-21/h7-10,14,16H,3-6,11-12,21H2,1-2H3,(H,22,25)(H,23,27). The lowest BCUT2D eigenvalue weighted by Gasteiger charge is -2.31. The number of urea groups is 1. The Bertz CT molecular complexity index is 733. The molecule has 7 nitrogen and oxygen atoms in total. The Morgan fingerprint density at radius 3 is 2.59 bits per heavy atom. The van der Waals surface area contributed by atoms with Crippen LogP contribution in [0.5, 0.6) is 0 Å². The normalized spacial score (nSPS) is 28.2. The van der Waals surface area contributed by atoms with Crippen LogP contribution in [0.25, 0.3) is 0 Å². The maximum atomic E-state index is 12.9. The largest absolute Gasteiger partial charge is 0.351 e. The summed E-state index contributed by atoms with van der Waals surface area (Å²) >= 11 is 0. The summed E-state index contributed by atoms with van der Waals surface area (Å²) in [6.45, 7) is 3.87. The van der Waals surface area contributed by atoms with Crippen LogP contribution < -0.4 is 16.4 Å². The number of nitrogens with two attached hydrogens (primary N) is 1. The fraction of sp³-hybridized carbons (Fsp3) is 0.550. The van der Waals surface area contributed by atoms with Gasteiger partial charge in [-0.25, -0.2) is 4.79 Å². The first-order valence-electron chi connectivity index (χ1n) is 9.56. The molecule has 0 spiro atoms. The second-order valence-electron chi connectivity index (χ2n) is 7.77. The number of nitrogens with zero attached hydrogens (tertiary/aromatic N) is 1.